The number of esters is 1. The Bertz CT molecular complexity index is 932. The molecule has 1 aromatic heterocycles. The Morgan fingerprint density at radius 1 is 1.12 bits per heavy atom. The lowest BCUT2D eigenvalue weighted by Gasteiger charge is -2.12. The van der Waals surface area contributed by atoms with Gasteiger partial charge in [-0.15, -0.1) is 0 Å². The van der Waals surface area contributed by atoms with E-state index in [4.69, 9.17) is 4.74 Å². The molecule has 2 aromatic carbocycles. The fourth-order valence-corrected chi connectivity index (χ4v) is 3.49. The maximum Gasteiger partial charge on any atom is 0.337 e. The van der Waals surface area contributed by atoms with E-state index < -0.39 is 0 Å². The molecule has 0 N–H and O–H groups in total. The standard InChI is InChI=1S/C21H19NO2/c1-24-21(23)16-12-10-15(11-13-16)14-22-19-8-4-2-6-17(19)18-7-3-5-9-20(18)22/h2,4-6,8-13H,3,7,14H2,1H3. The topological polar surface area (TPSA) is 31.2 Å². The maximum atomic E-state index is 11.6. The van der Waals surface area contributed by atoms with E-state index in [2.05, 4.69) is 41.0 Å². The lowest BCUT2D eigenvalue weighted by molar-refractivity contribution is 0.0600. The van der Waals surface area contributed by atoms with Crippen molar-refractivity contribution in [3.63, 3.8) is 0 Å². The van der Waals surface area contributed by atoms with Gasteiger partial charge >= 0.3 is 5.97 Å². The van der Waals surface area contributed by atoms with Crippen molar-refractivity contribution in [1.82, 2.24) is 4.57 Å². The van der Waals surface area contributed by atoms with Crippen LogP contribution in [0.25, 0.3) is 17.0 Å². The van der Waals surface area contributed by atoms with Crippen LogP contribution in [0.15, 0.2) is 54.6 Å². The molecule has 1 heterocycles. The average molecular weight is 317 g/mol. The van der Waals surface area contributed by atoms with Gasteiger partial charge in [-0.2, -0.15) is 0 Å². The SMILES string of the molecule is COC(=O)c1ccc(Cn2c3c(c4ccccc42)CCC=C3)cc1. The van der Waals surface area contributed by atoms with Gasteiger partial charge in [-0.05, 0) is 48.2 Å². The quantitative estimate of drug-likeness (QED) is 0.669. The summed E-state index contributed by atoms with van der Waals surface area (Å²) in [6, 6.07) is 16.3. The van der Waals surface area contributed by atoms with E-state index in [1.807, 2.05) is 24.3 Å². The summed E-state index contributed by atoms with van der Waals surface area (Å²) in [5.41, 5.74) is 5.77. The van der Waals surface area contributed by atoms with Gasteiger partial charge in [-0.3, -0.25) is 0 Å². The van der Waals surface area contributed by atoms with Crippen molar-refractivity contribution >= 4 is 22.9 Å². The van der Waals surface area contributed by atoms with E-state index in [0.717, 1.165) is 19.4 Å². The lowest BCUT2D eigenvalue weighted by atomic mass is 10.0. The van der Waals surface area contributed by atoms with Crippen LogP contribution >= 0.6 is 0 Å². The van der Waals surface area contributed by atoms with Crippen LogP contribution < -0.4 is 0 Å². The number of hydrogen-bond donors (Lipinski definition) is 0. The highest BCUT2D eigenvalue weighted by Gasteiger charge is 2.17. The molecule has 0 saturated heterocycles. The minimum Gasteiger partial charge on any atom is -0.465 e. The van der Waals surface area contributed by atoms with E-state index in [0.29, 0.717) is 5.56 Å². The normalized spacial score (nSPS) is 13.0. The second-order valence-electron chi connectivity index (χ2n) is 6.10. The highest BCUT2D eigenvalue weighted by molar-refractivity contribution is 5.90. The number of methoxy groups -OCH3 is 1. The van der Waals surface area contributed by atoms with Crippen LogP contribution in [0.3, 0.4) is 0 Å². The number of carbonyl (C=O) groups is 1. The first-order valence-corrected chi connectivity index (χ1v) is 8.22. The van der Waals surface area contributed by atoms with E-state index in [9.17, 15) is 4.79 Å². The Balaban J connectivity index is 1.75. The third-order valence-electron chi connectivity index (χ3n) is 4.67. The average Bonchev–Trinajstić information content (AvgIpc) is 2.96. The van der Waals surface area contributed by atoms with Crippen molar-refractivity contribution in [3.05, 3.63) is 77.0 Å². The Hall–Kier alpha value is -2.81. The number of hydrogen-bond acceptors (Lipinski definition) is 2. The number of aryl methyl sites for hydroxylation is 1. The van der Waals surface area contributed by atoms with Gasteiger partial charge in [0.1, 0.15) is 0 Å². The summed E-state index contributed by atoms with van der Waals surface area (Å²) in [5.74, 6) is -0.298. The summed E-state index contributed by atoms with van der Waals surface area (Å²) < 4.78 is 7.13. The summed E-state index contributed by atoms with van der Waals surface area (Å²) >= 11 is 0. The molecule has 0 bridgehead atoms. The van der Waals surface area contributed by atoms with Gasteiger partial charge in [-0.1, -0.05) is 36.4 Å². The van der Waals surface area contributed by atoms with Crippen LogP contribution in [0.1, 0.15) is 33.6 Å². The van der Waals surface area contributed by atoms with Crippen molar-refractivity contribution in [1.29, 1.82) is 0 Å². The molecule has 0 unspecified atom stereocenters. The summed E-state index contributed by atoms with van der Waals surface area (Å²) in [6.07, 6.45) is 6.69. The molecule has 4 rings (SSSR count). The van der Waals surface area contributed by atoms with Crippen LogP contribution in [-0.4, -0.2) is 17.6 Å². The second-order valence-corrected chi connectivity index (χ2v) is 6.10. The minimum absolute atomic E-state index is 0.298. The van der Waals surface area contributed by atoms with E-state index in [1.54, 1.807) is 0 Å². The number of nitrogens with zero attached hydrogens (tertiary/aromatic N) is 1. The van der Waals surface area contributed by atoms with Crippen molar-refractivity contribution in [2.24, 2.45) is 0 Å². The molecule has 0 saturated carbocycles. The van der Waals surface area contributed by atoms with Crippen LogP contribution in [0, 0.1) is 0 Å². The number of allylic oxidation sites excluding steroid dienone is 1. The lowest BCUT2D eigenvalue weighted by Crippen LogP contribution is -2.05. The van der Waals surface area contributed by atoms with E-state index in [-0.39, 0.29) is 5.97 Å². The molecule has 3 aromatic rings. The number of fused-ring (bicyclic) bond motifs is 3. The van der Waals surface area contributed by atoms with Gasteiger partial charge in [-0.25, -0.2) is 4.79 Å². The van der Waals surface area contributed by atoms with Gasteiger partial charge in [0, 0.05) is 23.1 Å². The number of carbonyl (C=O) groups excluding carboxylic acids is 1. The Labute approximate surface area is 141 Å². The largest absolute Gasteiger partial charge is 0.465 e. The molecule has 3 heteroatoms. The van der Waals surface area contributed by atoms with Gasteiger partial charge < -0.3 is 9.30 Å². The summed E-state index contributed by atoms with van der Waals surface area (Å²) in [4.78, 5) is 11.6. The first-order valence-electron chi connectivity index (χ1n) is 8.22. The number of ether oxygens (including phenoxy) is 1. The zero-order valence-electron chi connectivity index (χ0n) is 13.7. The number of para-hydroxylation sites is 1. The molecule has 120 valence electrons. The van der Waals surface area contributed by atoms with Crippen LogP contribution in [-0.2, 0) is 17.7 Å². The van der Waals surface area contributed by atoms with Gasteiger partial charge in [0.25, 0.3) is 0 Å². The van der Waals surface area contributed by atoms with Gasteiger partial charge in [0.05, 0.1) is 12.7 Å². The fourth-order valence-electron chi connectivity index (χ4n) is 3.49. The molecule has 0 radical (unpaired) electrons. The monoisotopic (exact) mass is 317 g/mol. The van der Waals surface area contributed by atoms with Crippen LogP contribution in [0.4, 0.5) is 0 Å². The molecule has 1 aliphatic carbocycles. The Morgan fingerprint density at radius 3 is 2.71 bits per heavy atom. The van der Waals surface area contributed by atoms with Crippen molar-refractivity contribution in [2.75, 3.05) is 7.11 Å². The predicted molar refractivity (Wildman–Crippen MR) is 96.2 cm³/mol. The number of rotatable bonds is 3. The van der Waals surface area contributed by atoms with E-state index >= 15 is 0 Å². The van der Waals surface area contributed by atoms with Crippen molar-refractivity contribution in [3.8, 4) is 0 Å². The maximum absolute atomic E-state index is 11.6. The van der Waals surface area contributed by atoms with Crippen LogP contribution in [0.2, 0.25) is 0 Å². The van der Waals surface area contributed by atoms with Gasteiger partial charge in [0.2, 0.25) is 0 Å². The van der Waals surface area contributed by atoms with Crippen molar-refractivity contribution in [2.45, 2.75) is 19.4 Å². The molecule has 0 aliphatic heterocycles. The predicted octanol–water partition coefficient (Wildman–Crippen LogP) is 4.44. The summed E-state index contributed by atoms with van der Waals surface area (Å²) in [5, 5.41) is 1.35. The van der Waals surface area contributed by atoms with E-state index in [1.165, 1.54) is 34.8 Å². The molecule has 0 atom stereocenters. The molecule has 0 amide bonds. The highest BCUT2D eigenvalue weighted by atomic mass is 16.5. The smallest absolute Gasteiger partial charge is 0.337 e. The van der Waals surface area contributed by atoms with Crippen LogP contribution in [0.5, 0.6) is 0 Å². The molecular weight excluding hydrogens is 298 g/mol. The molecular formula is C21H19NO2. The van der Waals surface area contributed by atoms with Gasteiger partial charge in [0.15, 0.2) is 0 Å². The molecule has 0 spiro atoms. The second kappa shape index (κ2) is 6.00. The zero-order chi connectivity index (χ0) is 16.5. The zero-order valence-corrected chi connectivity index (χ0v) is 13.7. The molecule has 1 aliphatic rings. The Morgan fingerprint density at radius 2 is 1.92 bits per heavy atom. The summed E-state index contributed by atoms with van der Waals surface area (Å²) in [6.45, 7) is 0.793. The summed E-state index contributed by atoms with van der Waals surface area (Å²) in [7, 11) is 1.40. The first kappa shape index (κ1) is 14.8. The highest BCUT2D eigenvalue weighted by Crippen LogP contribution is 2.31. The third-order valence-corrected chi connectivity index (χ3v) is 4.67. The molecule has 24 heavy (non-hydrogen) atoms. The fraction of sp³-hybridized carbons (Fsp3) is 0.190. The number of aromatic nitrogens is 1. The Kier molecular flexibility index (Phi) is 3.69. The first-order chi connectivity index (χ1) is 11.8. The number of benzene rings is 2. The third kappa shape index (κ3) is 2.42. The minimum atomic E-state index is -0.298. The molecule has 0 fully saturated rings. The van der Waals surface area contributed by atoms with Crippen molar-refractivity contribution < 1.29 is 9.53 Å². The molecule has 3 nitrogen and oxygen atoms in total.